The van der Waals surface area contributed by atoms with Crippen molar-refractivity contribution in [1.29, 1.82) is 0 Å². The number of carboxylic acid groups (broad SMARTS) is 1. The molecule has 0 radical (unpaired) electrons. The number of benzene rings is 2. The van der Waals surface area contributed by atoms with Crippen molar-refractivity contribution in [2.24, 2.45) is 0 Å². The number of hydrogen-bond acceptors (Lipinski definition) is 4. The zero-order valence-corrected chi connectivity index (χ0v) is 14.0. The Morgan fingerprint density at radius 3 is 2.38 bits per heavy atom. The van der Waals surface area contributed by atoms with Crippen LogP contribution in [-0.4, -0.2) is 20.6 Å². The minimum atomic E-state index is -1.41. The molecule has 1 aromatic heterocycles. The molecule has 26 heavy (non-hydrogen) atoms. The number of carbonyl (C=O) groups is 1. The molecule has 0 aliphatic carbocycles. The van der Waals surface area contributed by atoms with E-state index in [1.165, 1.54) is 16.7 Å². The molecular formula is C19H16N2O5. The van der Waals surface area contributed by atoms with E-state index in [2.05, 4.69) is 0 Å². The van der Waals surface area contributed by atoms with Crippen LogP contribution in [0.1, 0.15) is 28.4 Å². The third-order valence-electron chi connectivity index (χ3n) is 4.31. The molecule has 0 saturated heterocycles. The van der Waals surface area contributed by atoms with Gasteiger partial charge >= 0.3 is 5.97 Å². The van der Waals surface area contributed by atoms with Crippen LogP contribution in [0, 0.1) is 10.1 Å². The highest BCUT2D eigenvalue weighted by Gasteiger charge is 2.20. The maximum Gasteiger partial charge on any atom is 0.341 e. The Labute approximate surface area is 148 Å². The molecule has 7 heteroatoms. The van der Waals surface area contributed by atoms with Crippen molar-refractivity contribution in [1.82, 2.24) is 4.57 Å². The number of nitro groups is 1. The average Bonchev–Trinajstić information content (AvgIpc) is 2.63. The molecule has 0 aliphatic rings. The van der Waals surface area contributed by atoms with Gasteiger partial charge in [-0.3, -0.25) is 14.9 Å². The number of hydrogen-bond donors (Lipinski definition) is 1. The fraction of sp³-hybridized carbons (Fsp3) is 0.158. The normalized spacial score (nSPS) is 10.8. The van der Waals surface area contributed by atoms with Gasteiger partial charge in [-0.15, -0.1) is 0 Å². The molecule has 1 heterocycles. The van der Waals surface area contributed by atoms with Crippen molar-refractivity contribution in [3.8, 4) is 0 Å². The predicted octanol–water partition coefficient (Wildman–Crippen LogP) is 3.22. The third kappa shape index (κ3) is 3.06. The fourth-order valence-electron chi connectivity index (χ4n) is 2.92. The van der Waals surface area contributed by atoms with E-state index in [-0.39, 0.29) is 17.6 Å². The van der Waals surface area contributed by atoms with E-state index in [4.69, 9.17) is 0 Å². The molecular weight excluding hydrogens is 336 g/mol. The van der Waals surface area contributed by atoms with E-state index in [9.17, 15) is 24.8 Å². The molecule has 7 nitrogen and oxygen atoms in total. The minimum Gasteiger partial charge on any atom is -0.477 e. The quantitative estimate of drug-likeness (QED) is 0.561. The lowest BCUT2D eigenvalue weighted by molar-refractivity contribution is -0.383. The van der Waals surface area contributed by atoms with Crippen LogP contribution < -0.4 is 5.56 Å². The van der Waals surface area contributed by atoms with Gasteiger partial charge < -0.3 is 9.67 Å². The van der Waals surface area contributed by atoms with Crippen LogP contribution in [0.5, 0.6) is 0 Å². The maximum absolute atomic E-state index is 12.6. The predicted molar refractivity (Wildman–Crippen MR) is 96.7 cm³/mol. The second kappa shape index (κ2) is 6.79. The topological polar surface area (TPSA) is 102 Å². The van der Waals surface area contributed by atoms with Gasteiger partial charge in [0.15, 0.2) is 0 Å². The summed E-state index contributed by atoms with van der Waals surface area (Å²) in [5.41, 5.74) is 0.858. The van der Waals surface area contributed by atoms with Crippen LogP contribution in [0.4, 0.5) is 5.69 Å². The number of nitrogens with zero attached hydrogens (tertiary/aromatic N) is 2. The van der Waals surface area contributed by atoms with E-state index < -0.39 is 22.0 Å². The molecule has 2 aromatic carbocycles. The highest BCUT2D eigenvalue weighted by Crippen LogP contribution is 2.25. The molecule has 3 rings (SSSR count). The number of rotatable bonds is 5. The first-order valence-corrected chi connectivity index (χ1v) is 8.04. The Bertz CT molecular complexity index is 1070. The molecule has 0 unspecified atom stereocenters. The Morgan fingerprint density at radius 1 is 1.15 bits per heavy atom. The maximum atomic E-state index is 12.6. The number of nitro benzene ring substituents is 1. The number of non-ortho nitro benzene ring substituents is 1. The summed E-state index contributed by atoms with van der Waals surface area (Å²) >= 11 is 0. The molecule has 0 spiro atoms. The number of aromatic nitrogens is 1. The second-order valence-corrected chi connectivity index (χ2v) is 5.89. The summed E-state index contributed by atoms with van der Waals surface area (Å²) in [6.07, 6.45) is 0.879. The number of aromatic carboxylic acids is 1. The fourth-order valence-corrected chi connectivity index (χ4v) is 2.92. The smallest absolute Gasteiger partial charge is 0.341 e. The summed E-state index contributed by atoms with van der Waals surface area (Å²) in [5, 5.41) is 20.7. The number of fused-ring (bicyclic) bond motifs is 1. The van der Waals surface area contributed by atoms with E-state index in [0.29, 0.717) is 5.52 Å². The highest BCUT2D eigenvalue weighted by atomic mass is 16.6. The Kier molecular flexibility index (Phi) is 4.53. The van der Waals surface area contributed by atoms with Gasteiger partial charge in [0.25, 0.3) is 11.2 Å². The molecule has 0 fully saturated rings. The van der Waals surface area contributed by atoms with Gasteiger partial charge in [0.2, 0.25) is 0 Å². The van der Waals surface area contributed by atoms with Gasteiger partial charge in [-0.05, 0) is 29.7 Å². The van der Waals surface area contributed by atoms with Gasteiger partial charge in [-0.2, -0.15) is 0 Å². The average molecular weight is 352 g/mol. The number of aryl methyl sites for hydroxylation is 1. The van der Waals surface area contributed by atoms with Gasteiger partial charge in [-0.1, -0.05) is 37.3 Å². The van der Waals surface area contributed by atoms with Crippen molar-refractivity contribution in [3.63, 3.8) is 0 Å². The van der Waals surface area contributed by atoms with Crippen LogP contribution in [-0.2, 0) is 13.0 Å². The Balaban J connectivity index is 2.26. The summed E-state index contributed by atoms with van der Waals surface area (Å²) in [7, 11) is 0. The molecule has 3 aromatic rings. The lowest BCUT2D eigenvalue weighted by Gasteiger charge is -2.12. The minimum absolute atomic E-state index is 0.125. The molecule has 0 atom stereocenters. The summed E-state index contributed by atoms with van der Waals surface area (Å²) in [6, 6.07) is 13.0. The first kappa shape index (κ1) is 17.3. The Hall–Kier alpha value is -3.48. The summed E-state index contributed by atoms with van der Waals surface area (Å²) < 4.78 is 1.27. The summed E-state index contributed by atoms with van der Waals surface area (Å²) in [6.45, 7) is 2.16. The second-order valence-electron chi connectivity index (χ2n) is 5.89. The van der Waals surface area contributed by atoms with Crippen LogP contribution in [0.2, 0.25) is 0 Å². The van der Waals surface area contributed by atoms with Crippen molar-refractivity contribution < 1.29 is 14.8 Å². The molecule has 132 valence electrons. The monoisotopic (exact) mass is 352 g/mol. The third-order valence-corrected chi connectivity index (χ3v) is 4.31. The van der Waals surface area contributed by atoms with E-state index in [1.807, 2.05) is 31.2 Å². The van der Waals surface area contributed by atoms with Crippen LogP contribution in [0.25, 0.3) is 10.9 Å². The van der Waals surface area contributed by atoms with Crippen molar-refractivity contribution in [3.05, 3.63) is 85.7 Å². The molecule has 0 amide bonds. The zero-order valence-electron chi connectivity index (χ0n) is 14.0. The first-order chi connectivity index (χ1) is 12.4. The molecule has 0 aliphatic heterocycles. The molecule has 0 bridgehead atoms. The van der Waals surface area contributed by atoms with Crippen LogP contribution in [0.15, 0.2) is 53.3 Å². The molecule has 1 N–H and O–H groups in total. The van der Waals surface area contributed by atoms with Crippen molar-refractivity contribution >= 4 is 22.6 Å². The van der Waals surface area contributed by atoms with E-state index in [0.717, 1.165) is 23.6 Å². The Morgan fingerprint density at radius 2 is 1.81 bits per heavy atom. The zero-order chi connectivity index (χ0) is 18.8. The van der Waals surface area contributed by atoms with Gasteiger partial charge in [0.05, 0.1) is 22.4 Å². The standard InChI is InChI=1S/C19H16N2O5/c1-2-12-6-8-13(9-7-12)11-20-16-4-3-5-17(21(25)26)14(16)10-15(18(20)22)19(23)24/h3-10H,2,11H2,1H3,(H,23,24). The molecule has 0 saturated carbocycles. The van der Waals surface area contributed by atoms with Crippen molar-refractivity contribution in [2.45, 2.75) is 19.9 Å². The summed E-state index contributed by atoms with van der Waals surface area (Å²) in [5.74, 6) is -1.41. The number of carboxylic acids is 1. The number of pyridine rings is 1. The first-order valence-electron chi connectivity index (χ1n) is 8.04. The summed E-state index contributed by atoms with van der Waals surface area (Å²) in [4.78, 5) is 34.8. The van der Waals surface area contributed by atoms with E-state index >= 15 is 0 Å². The lowest BCUT2D eigenvalue weighted by Crippen LogP contribution is -2.27. The van der Waals surface area contributed by atoms with Gasteiger partial charge in [0, 0.05) is 6.07 Å². The van der Waals surface area contributed by atoms with Crippen LogP contribution in [0.3, 0.4) is 0 Å². The SMILES string of the molecule is CCc1ccc(Cn2c(=O)c(C(=O)O)cc3c([N+](=O)[O-])cccc32)cc1. The lowest BCUT2D eigenvalue weighted by atomic mass is 10.1. The highest BCUT2D eigenvalue weighted by molar-refractivity contribution is 5.96. The van der Waals surface area contributed by atoms with Gasteiger partial charge in [0.1, 0.15) is 5.56 Å². The van der Waals surface area contributed by atoms with Crippen LogP contribution >= 0.6 is 0 Å². The largest absolute Gasteiger partial charge is 0.477 e. The van der Waals surface area contributed by atoms with Gasteiger partial charge in [-0.25, -0.2) is 4.79 Å². The van der Waals surface area contributed by atoms with E-state index in [1.54, 1.807) is 6.07 Å². The van der Waals surface area contributed by atoms with Crippen molar-refractivity contribution in [2.75, 3.05) is 0 Å².